The Bertz CT molecular complexity index is 477. The zero-order chi connectivity index (χ0) is 14.1. The summed E-state index contributed by atoms with van der Waals surface area (Å²) in [6.07, 6.45) is 0. The van der Waals surface area contributed by atoms with Gasteiger partial charge in [-0.05, 0) is 26.0 Å². The third kappa shape index (κ3) is 2.60. The van der Waals surface area contributed by atoms with Crippen molar-refractivity contribution in [2.24, 2.45) is 11.1 Å². The second-order valence-electron chi connectivity index (χ2n) is 4.45. The maximum atomic E-state index is 14.0. The molecular weight excluding hydrogens is 280 g/mol. The molecule has 0 fully saturated rings. The summed E-state index contributed by atoms with van der Waals surface area (Å²) in [5, 5.41) is 0.0342. The van der Waals surface area contributed by atoms with E-state index in [2.05, 4.69) is 4.74 Å². The van der Waals surface area contributed by atoms with E-state index < -0.39 is 23.2 Å². The second kappa shape index (κ2) is 5.43. The number of methoxy groups -OCH3 is 1. The summed E-state index contributed by atoms with van der Waals surface area (Å²) in [6.45, 7) is 3.11. The highest BCUT2D eigenvalue weighted by Gasteiger charge is 2.39. The van der Waals surface area contributed by atoms with Crippen molar-refractivity contribution < 1.29 is 13.9 Å². The van der Waals surface area contributed by atoms with Crippen LogP contribution in [0.25, 0.3) is 0 Å². The van der Waals surface area contributed by atoms with Gasteiger partial charge in [0.2, 0.25) is 0 Å². The average Bonchev–Trinajstić information content (AvgIpc) is 2.33. The number of carbonyl (C=O) groups is 1. The number of carbonyl (C=O) groups excluding carboxylic acids is 1. The van der Waals surface area contributed by atoms with Crippen molar-refractivity contribution in [2.75, 3.05) is 7.11 Å². The number of nitrogens with two attached hydrogens (primary N) is 1. The van der Waals surface area contributed by atoms with Crippen molar-refractivity contribution in [1.29, 1.82) is 0 Å². The second-order valence-corrected chi connectivity index (χ2v) is 5.26. The lowest BCUT2D eigenvalue weighted by Crippen LogP contribution is -2.38. The molecule has 0 saturated carbocycles. The van der Waals surface area contributed by atoms with E-state index in [0.717, 1.165) is 0 Å². The number of hydrogen-bond acceptors (Lipinski definition) is 3. The lowest BCUT2D eigenvalue weighted by atomic mass is 9.81. The van der Waals surface area contributed by atoms with E-state index in [1.165, 1.54) is 19.2 Å². The Labute approximate surface area is 115 Å². The molecule has 18 heavy (non-hydrogen) atoms. The SMILES string of the molecule is COC(=O)C(C)(C)[C@H](N)c1c(Cl)ccc(Cl)c1F. The standard InChI is InChI=1S/C12H14Cl2FNO2/c1-12(2,11(17)18-3)10(16)8-6(13)4-5-7(14)9(8)15/h4-5,10H,16H2,1-3H3/t10-/m1/s1. The fourth-order valence-electron chi connectivity index (χ4n) is 1.58. The maximum Gasteiger partial charge on any atom is 0.313 e. The molecule has 1 aromatic rings. The molecule has 0 aromatic heterocycles. The van der Waals surface area contributed by atoms with E-state index in [9.17, 15) is 9.18 Å². The molecule has 0 amide bonds. The predicted molar refractivity (Wildman–Crippen MR) is 69.1 cm³/mol. The van der Waals surface area contributed by atoms with Gasteiger partial charge in [0.05, 0.1) is 17.5 Å². The molecule has 3 nitrogen and oxygen atoms in total. The van der Waals surface area contributed by atoms with Crippen molar-refractivity contribution >= 4 is 29.2 Å². The van der Waals surface area contributed by atoms with Gasteiger partial charge in [-0.1, -0.05) is 23.2 Å². The summed E-state index contributed by atoms with van der Waals surface area (Å²) in [5.74, 6) is -1.26. The highest BCUT2D eigenvalue weighted by molar-refractivity contribution is 6.33. The average molecular weight is 294 g/mol. The van der Waals surface area contributed by atoms with Crippen LogP contribution in [0.4, 0.5) is 4.39 Å². The Balaban J connectivity index is 3.31. The topological polar surface area (TPSA) is 52.3 Å². The van der Waals surface area contributed by atoms with Gasteiger partial charge < -0.3 is 10.5 Å². The van der Waals surface area contributed by atoms with E-state index in [4.69, 9.17) is 28.9 Å². The van der Waals surface area contributed by atoms with Crippen LogP contribution in [-0.2, 0) is 9.53 Å². The largest absolute Gasteiger partial charge is 0.469 e. The number of rotatable bonds is 3. The summed E-state index contributed by atoms with van der Waals surface area (Å²) in [6, 6.07) is 1.81. The lowest BCUT2D eigenvalue weighted by molar-refractivity contribution is -0.152. The lowest BCUT2D eigenvalue weighted by Gasteiger charge is -2.29. The molecule has 0 spiro atoms. The van der Waals surface area contributed by atoms with Crippen LogP contribution < -0.4 is 5.73 Å². The monoisotopic (exact) mass is 293 g/mol. The van der Waals surface area contributed by atoms with Crippen molar-refractivity contribution in [2.45, 2.75) is 19.9 Å². The Morgan fingerprint density at radius 1 is 1.39 bits per heavy atom. The number of halogens is 3. The first kappa shape index (κ1) is 15.2. The van der Waals surface area contributed by atoms with Gasteiger partial charge in [-0.2, -0.15) is 0 Å². The van der Waals surface area contributed by atoms with Crippen molar-refractivity contribution in [3.63, 3.8) is 0 Å². The van der Waals surface area contributed by atoms with E-state index in [0.29, 0.717) is 0 Å². The molecule has 0 heterocycles. The van der Waals surface area contributed by atoms with Gasteiger partial charge >= 0.3 is 5.97 Å². The molecule has 0 aliphatic heterocycles. The molecule has 1 aromatic carbocycles. The molecule has 100 valence electrons. The highest BCUT2D eigenvalue weighted by Crippen LogP contribution is 2.39. The molecule has 0 radical (unpaired) electrons. The molecule has 1 rings (SSSR count). The maximum absolute atomic E-state index is 14.0. The van der Waals surface area contributed by atoms with Crippen LogP contribution in [0, 0.1) is 11.2 Å². The van der Waals surface area contributed by atoms with Gasteiger partial charge in [0.15, 0.2) is 0 Å². The summed E-state index contributed by atoms with van der Waals surface area (Å²) < 4.78 is 18.6. The fraction of sp³-hybridized carbons (Fsp3) is 0.417. The van der Waals surface area contributed by atoms with Crippen LogP contribution in [0.3, 0.4) is 0 Å². The Hall–Kier alpha value is -0.840. The van der Waals surface area contributed by atoms with Crippen LogP contribution in [0.5, 0.6) is 0 Å². The minimum Gasteiger partial charge on any atom is -0.469 e. The first-order valence-electron chi connectivity index (χ1n) is 5.20. The van der Waals surface area contributed by atoms with Crippen LogP contribution in [0.1, 0.15) is 25.5 Å². The third-order valence-corrected chi connectivity index (χ3v) is 3.50. The van der Waals surface area contributed by atoms with Crippen molar-refractivity contribution in [3.8, 4) is 0 Å². The van der Waals surface area contributed by atoms with E-state index >= 15 is 0 Å². The van der Waals surface area contributed by atoms with Crippen molar-refractivity contribution in [1.82, 2.24) is 0 Å². The Morgan fingerprint density at radius 3 is 2.39 bits per heavy atom. The highest BCUT2D eigenvalue weighted by atomic mass is 35.5. The van der Waals surface area contributed by atoms with E-state index in [1.807, 2.05) is 0 Å². The number of hydrogen-bond donors (Lipinski definition) is 1. The van der Waals surface area contributed by atoms with Crippen LogP contribution in [0.2, 0.25) is 10.0 Å². The molecular formula is C12H14Cl2FNO2. The van der Waals surface area contributed by atoms with Crippen LogP contribution in [0.15, 0.2) is 12.1 Å². The van der Waals surface area contributed by atoms with Crippen LogP contribution in [-0.4, -0.2) is 13.1 Å². The van der Waals surface area contributed by atoms with Gasteiger partial charge in [0.1, 0.15) is 5.82 Å². The van der Waals surface area contributed by atoms with Crippen LogP contribution >= 0.6 is 23.2 Å². The summed E-state index contributed by atoms with van der Waals surface area (Å²) in [7, 11) is 1.24. The first-order chi connectivity index (χ1) is 8.23. The number of benzene rings is 1. The molecule has 2 N–H and O–H groups in total. The van der Waals surface area contributed by atoms with Gasteiger partial charge in [0, 0.05) is 16.6 Å². The van der Waals surface area contributed by atoms with Crippen molar-refractivity contribution in [3.05, 3.63) is 33.6 Å². The molecule has 0 saturated heterocycles. The Morgan fingerprint density at radius 2 is 1.89 bits per heavy atom. The predicted octanol–water partition coefficient (Wildman–Crippen LogP) is 3.33. The minimum absolute atomic E-state index is 0.0135. The molecule has 0 unspecified atom stereocenters. The number of ether oxygens (including phenoxy) is 1. The molecule has 0 aliphatic carbocycles. The normalized spacial score (nSPS) is 13.3. The third-order valence-electron chi connectivity index (χ3n) is 2.88. The zero-order valence-corrected chi connectivity index (χ0v) is 11.8. The van der Waals surface area contributed by atoms with E-state index in [-0.39, 0.29) is 15.6 Å². The molecule has 0 aliphatic rings. The Kier molecular flexibility index (Phi) is 4.59. The summed E-state index contributed by atoms with van der Waals surface area (Å²) in [4.78, 5) is 11.7. The van der Waals surface area contributed by atoms with Gasteiger partial charge in [-0.15, -0.1) is 0 Å². The molecule has 1 atom stereocenters. The fourth-order valence-corrected chi connectivity index (χ4v) is 2.01. The van der Waals surface area contributed by atoms with Gasteiger partial charge in [-0.3, -0.25) is 4.79 Å². The summed E-state index contributed by atoms with van der Waals surface area (Å²) in [5.41, 5.74) is 4.83. The van der Waals surface area contributed by atoms with Gasteiger partial charge in [-0.25, -0.2) is 4.39 Å². The number of esters is 1. The quantitative estimate of drug-likeness (QED) is 0.687. The smallest absolute Gasteiger partial charge is 0.313 e. The summed E-state index contributed by atoms with van der Waals surface area (Å²) >= 11 is 11.6. The molecule has 0 bridgehead atoms. The van der Waals surface area contributed by atoms with Gasteiger partial charge in [0.25, 0.3) is 0 Å². The van der Waals surface area contributed by atoms with E-state index in [1.54, 1.807) is 13.8 Å². The first-order valence-corrected chi connectivity index (χ1v) is 5.96. The minimum atomic E-state index is -1.12. The molecule has 6 heteroatoms. The zero-order valence-electron chi connectivity index (χ0n) is 10.3.